The molecule has 6 heteroatoms. The van der Waals surface area contributed by atoms with Gasteiger partial charge < -0.3 is 10.1 Å². The predicted octanol–water partition coefficient (Wildman–Crippen LogP) is 4.02. The Labute approximate surface area is 102 Å². The molecule has 0 atom stereocenters. The van der Waals surface area contributed by atoms with Crippen LogP contribution in [0.2, 0.25) is 0 Å². The largest absolute Gasteiger partial charge is 0.435 e. The van der Waals surface area contributed by atoms with Crippen LogP contribution in [0.25, 0.3) is 0 Å². The number of halogens is 4. The van der Waals surface area contributed by atoms with Crippen molar-refractivity contribution in [2.45, 2.75) is 6.61 Å². The Bertz CT molecular complexity index is 354. The highest BCUT2D eigenvalue weighted by Gasteiger charge is 2.03. The van der Waals surface area contributed by atoms with Gasteiger partial charge in [0.2, 0.25) is 0 Å². The van der Waals surface area contributed by atoms with Gasteiger partial charge in [0.05, 0.1) is 6.54 Å². The van der Waals surface area contributed by atoms with Crippen LogP contribution < -0.4 is 10.1 Å². The van der Waals surface area contributed by atoms with E-state index in [0.717, 1.165) is 5.69 Å². The SMILES string of the molecule is FC(F)Oc1ccc(NCC(Cl)=CCl)cc1. The molecular weight excluding hydrogens is 259 g/mol. The zero-order chi connectivity index (χ0) is 12.0. The van der Waals surface area contributed by atoms with Crippen molar-refractivity contribution < 1.29 is 13.5 Å². The third-order valence-corrected chi connectivity index (χ3v) is 2.28. The summed E-state index contributed by atoms with van der Waals surface area (Å²) >= 11 is 11.0. The average Bonchev–Trinajstić information content (AvgIpc) is 2.27. The zero-order valence-corrected chi connectivity index (χ0v) is 9.60. The Balaban J connectivity index is 2.51. The van der Waals surface area contributed by atoms with Gasteiger partial charge >= 0.3 is 6.61 Å². The summed E-state index contributed by atoms with van der Waals surface area (Å²) in [4.78, 5) is 0. The van der Waals surface area contributed by atoms with Gasteiger partial charge in [0.15, 0.2) is 0 Å². The lowest BCUT2D eigenvalue weighted by atomic mass is 10.3. The lowest BCUT2D eigenvalue weighted by molar-refractivity contribution is -0.0498. The molecule has 0 saturated carbocycles. The van der Waals surface area contributed by atoms with Crippen molar-refractivity contribution in [2.24, 2.45) is 0 Å². The average molecular weight is 268 g/mol. The molecule has 0 heterocycles. The van der Waals surface area contributed by atoms with Crippen LogP contribution in [0.4, 0.5) is 14.5 Å². The first kappa shape index (κ1) is 13.1. The van der Waals surface area contributed by atoms with Crippen LogP contribution in [-0.2, 0) is 0 Å². The Hall–Kier alpha value is -1.000. The molecule has 0 radical (unpaired) electrons. The molecule has 0 aliphatic heterocycles. The van der Waals surface area contributed by atoms with Crippen LogP contribution in [0.3, 0.4) is 0 Å². The zero-order valence-electron chi connectivity index (χ0n) is 8.09. The van der Waals surface area contributed by atoms with Gasteiger partial charge in [-0.05, 0) is 24.3 Å². The van der Waals surface area contributed by atoms with E-state index in [1.54, 1.807) is 12.1 Å². The minimum atomic E-state index is -2.81. The summed E-state index contributed by atoms with van der Waals surface area (Å²) in [5.74, 6) is 0.111. The number of anilines is 1. The molecule has 1 N–H and O–H groups in total. The van der Waals surface area contributed by atoms with Crippen molar-refractivity contribution in [3.8, 4) is 5.75 Å². The molecule has 0 aromatic heterocycles. The maximum absolute atomic E-state index is 11.8. The lowest BCUT2D eigenvalue weighted by Gasteiger charge is -2.07. The molecule has 0 spiro atoms. The predicted molar refractivity (Wildman–Crippen MR) is 61.4 cm³/mol. The summed E-state index contributed by atoms with van der Waals surface area (Å²) in [6.45, 7) is -2.44. The smallest absolute Gasteiger partial charge is 0.387 e. The molecule has 2 nitrogen and oxygen atoms in total. The van der Waals surface area contributed by atoms with E-state index in [4.69, 9.17) is 23.2 Å². The molecule has 0 bridgehead atoms. The van der Waals surface area contributed by atoms with Gasteiger partial charge in [-0.2, -0.15) is 8.78 Å². The van der Waals surface area contributed by atoms with E-state index in [-0.39, 0.29) is 5.75 Å². The number of rotatable bonds is 5. The van der Waals surface area contributed by atoms with Crippen molar-refractivity contribution in [1.82, 2.24) is 0 Å². The maximum Gasteiger partial charge on any atom is 0.387 e. The van der Waals surface area contributed by atoms with Gasteiger partial charge in [-0.25, -0.2) is 0 Å². The molecule has 0 aliphatic carbocycles. The first-order valence-corrected chi connectivity index (χ1v) is 5.17. The fraction of sp³-hybridized carbons (Fsp3) is 0.200. The van der Waals surface area contributed by atoms with Crippen LogP contribution in [0.1, 0.15) is 0 Å². The van der Waals surface area contributed by atoms with E-state index in [2.05, 4.69) is 10.1 Å². The van der Waals surface area contributed by atoms with Gasteiger partial charge in [0.1, 0.15) is 5.75 Å². The number of benzene rings is 1. The minimum absolute atomic E-state index is 0.111. The molecule has 0 unspecified atom stereocenters. The monoisotopic (exact) mass is 267 g/mol. The third-order valence-electron chi connectivity index (χ3n) is 1.66. The van der Waals surface area contributed by atoms with E-state index < -0.39 is 6.61 Å². The summed E-state index contributed by atoms with van der Waals surface area (Å²) in [5.41, 5.74) is 1.99. The summed E-state index contributed by atoms with van der Waals surface area (Å²) in [6, 6.07) is 6.09. The summed E-state index contributed by atoms with van der Waals surface area (Å²) in [5, 5.41) is 3.40. The molecule has 1 aromatic carbocycles. The van der Waals surface area contributed by atoms with Gasteiger partial charge in [-0.15, -0.1) is 0 Å². The molecule has 0 saturated heterocycles. The normalized spacial score (nSPS) is 11.7. The fourth-order valence-corrected chi connectivity index (χ4v) is 1.12. The number of ether oxygens (including phenoxy) is 1. The van der Waals surface area contributed by atoms with Crippen LogP contribution in [0.5, 0.6) is 5.75 Å². The van der Waals surface area contributed by atoms with Crippen LogP contribution in [0.15, 0.2) is 34.8 Å². The first-order valence-electron chi connectivity index (χ1n) is 4.35. The Morgan fingerprint density at radius 1 is 1.38 bits per heavy atom. The van der Waals surface area contributed by atoms with E-state index >= 15 is 0 Å². The van der Waals surface area contributed by atoms with Crippen LogP contribution in [0, 0.1) is 0 Å². The molecule has 0 aliphatic rings. The van der Waals surface area contributed by atoms with E-state index in [9.17, 15) is 8.78 Å². The van der Waals surface area contributed by atoms with Gasteiger partial charge in [0.25, 0.3) is 0 Å². The molecule has 1 aromatic rings. The topological polar surface area (TPSA) is 21.3 Å². The molecule has 0 fully saturated rings. The molecule has 1 rings (SSSR count). The van der Waals surface area contributed by atoms with Crippen molar-refractivity contribution in [2.75, 3.05) is 11.9 Å². The standard InChI is InChI=1S/C10H9Cl2F2NO/c11-5-7(12)6-15-8-1-3-9(4-2-8)16-10(13)14/h1-5,10,15H,6H2. The van der Waals surface area contributed by atoms with Crippen molar-refractivity contribution in [1.29, 1.82) is 0 Å². The second-order valence-electron chi connectivity index (χ2n) is 2.81. The summed E-state index contributed by atoms with van der Waals surface area (Å²) in [7, 11) is 0. The Kier molecular flexibility index (Phi) is 5.35. The van der Waals surface area contributed by atoms with Gasteiger partial charge in [-0.3, -0.25) is 0 Å². The quantitative estimate of drug-likeness (QED) is 0.870. The van der Waals surface area contributed by atoms with Crippen LogP contribution in [-0.4, -0.2) is 13.2 Å². The second-order valence-corrected chi connectivity index (χ2v) is 3.52. The van der Waals surface area contributed by atoms with Crippen molar-refractivity contribution in [3.63, 3.8) is 0 Å². The maximum atomic E-state index is 11.8. The molecular formula is C10H9Cl2F2NO. The number of hydrogen-bond donors (Lipinski definition) is 1. The highest BCUT2D eigenvalue weighted by atomic mass is 35.5. The minimum Gasteiger partial charge on any atom is -0.435 e. The lowest BCUT2D eigenvalue weighted by Crippen LogP contribution is -2.03. The highest BCUT2D eigenvalue weighted by Crippen LogP contribution is 2.18. The first-order chi connectivity index (χ1) is 7.61. The Morgan fingerprint density at radius 3 is 2.50 bits per heavy atom. The van der Waals surface area contributed by atoms with Crippen molar-refractivity contribution >= 4 is 28.9 Å². The number of alkyl halides is 2. The van der Waals surface area contributed by atoms with E-state index in [1.807, 2.05) is 0 Å². The van der Waals surface area contributed by atoms with Crippen LogP contribution >= 0.6 is 23.2 Å². The number of hydrogen-bond acceptors (Lipinski definition) is 2. The van der Waals surface area contributed by atoms with Gasteiger partial charge in [-0.1, -0.05) is 23.2 Å². The van der Waals surface area contributed by atoms with Crippen molar-refractivity contribution in [3.05, 3.63) is 34.8 Å². The van der Waals surface area contributed by atoms with Gasteiger partial charge in [0, 0.05) is 16.3 Å². The van der Waals surface area contributed by atoms with E-state index in [1.165, 1.54) is 17.7 Å². The summed E-state index contributed by atoms with van der Waals surface area (Å²) < 4.78 is 27.9. The fourth-order valence-electron chi connectivity index (χ4n) is 0.979. The number of nitrogens with one attached hydrogen (secondary N) is 1. The molecule has 88 valence electrons. The molecule has 16 heavy (non-hydrogen) atoms. The highest BCUT2D eigenvalue weighted by molar-refractivity contribution is 6.36. The molecule has 0 amide bonds. The third kappa shape index (κ3) is 4.68. The second kappa shape index (κ2) is 6.55. The summed E-state index contributed by atoms with van der Waals surface area (Å²) in [6.07, 6.45) is 0. The Morgan fingerprint density at radius 2 is 2.00 bits per heavy atom. The van der Waals surface area contributed by atoms with E-state index in [0.29, 0.717) is 11.6 Å².